The molecule has 1 N–H and O–H groups in total. The lowest BCUT2D eigenvalue weighted by atomic mass is 9.93. The van der Waals surface area contributed by atoms with E-state index in [-0.39, 0.29) is 11.8 Å². The molecule has 2 aliphatic heterocycles. The molecule has 0 aromatic carbocycles. The molecule has 1 aromatic rings. The summed E-state index contributed by atoms with van der Waals surface area (Å²) in [5.41, 5.74) is 0. The quantitative estimate of drug-likeness (QED) is 0.705. The molecule has 0 saturated carbocycles. The van der Waals surface area contributed by atoms with E-state index >= 15 is 0 Å². The highest BCUT2D eigenvalue weighted by molar-refractivity contribution is 5.78. The summed E-state index contributed by atoms with van der Waals surface area (Å²) in [7, 11) is 1.66. The van der Waals surface area contributed by atoms with Gasteiger partial charge in [-0.1, -0.05) is 6.92 Å². The summed E-state index contributed by atoms with van der Waals surface area (Å²) >= 11 is 0. The SMILES string of the molecule is CCc1ccc(CN2CCC(N3CCC[C@H](C(=O)NCCOC)C3)CC2)o1. The molecule has 27 heavy (non-hydrogen) atoms. The van der Waals surface area contributed by atoms with Crippen molar-refractivity contribution in [1.29, 1.82) is 0 Å². The van der Waals surface area contributed by atoms with Gasteiger partial charge in [-0.2, -0.15) is 0 Å². The second-order valence-electron chi connectivity index (χ2n) is 7.85. The monoisotopic (exact) mass is 377 g/mol. The number of nitrogens with zero attached hydrogens (tertiary/aromatic N) is 2. The Morgan fingerprint density at radius 2 is 2.00 bits per heavy atom. The molecule has 3 rings (SSSR count). The number of hydrogen-bond donors (Lipinski definition) is 1. The van der Waals surface area contributed by atoms with E-state index in [0.29, 0.717) is 19.2 Å². The predicted molar refractivity (Wildman–Crippen MR) is 106 cm³/mol. The first-order valence-corrected chi connectivity index (χ1v) is 10.5. The Balaban J connectivity index is 1.42. The molecule has 0 unspecified atom stereocenters. The van der Waals surface area contributed by atoms with Crippen LogP contribution in [-0.4, -0.2) is 68.2 Å². The van der Waals surface area contributed by atoms with Crippen molar-refractivity contribution in [1.82, 2.24) is 15.1 Å². The van der Waals surface area contributed by atoms with Crippen molar-refractivity contribution >= 4 is 5.91 Å². The Morgan fingerprint density at radius 3 is 2.70 bits per heavy atom. The van der Waals surface area contributed by atoms with E-state index in [1.807, 2.05) is 0 Å². The van der Waals surface area contributed by atoms with E-state index in [0.717, 1.165) is 63.5 Å². The molecule has 1 aromatic heterocycles. The van der Waals surface area contributed by atoms with Gasteiger partial charge in [-0.05, 0) is 44.4 Å². The summed E-state index contributed by atoms with van der Waals surface area (Å²) in [6.07, 6.45) is 5.44. The Kier molecular flexibility index (Phi) is 7.73. The third-order valence-corrected chi connectivity index (χ3v) is 5.95. The van der Waals surface area contributed by atoms with Crippen LogP contribution in [0.2, 0.25) is 0 Å². The first kappa shape index (κ1) is 20.4. The second kappa shape index (κ2) is 10.2. The van der Waals surface area contributed by atoms with E-state index < -0.39 is 0 Å². The van der Waals surface area contributed by atoms with Crippen molar-refractivity contribution in [3.05, 3.63) is 23.7 Å². The van der Waals surface area contributed by atoms with E-state index in [4.69, 9.17) is 9.15 Å². The van der Waals surface area contributed by atoms with Gasteiger partial charge in [-0.15, -0.1) is 0 Å². The minimum atomic E-state index is 0.129. The van der Waals surface area contributed by atoms with Gasteiger partial charge in [0.25, 0.3) is 0 Å². The van der Waals surface area contributed by atoms with E-state index in [1.54, 1.807) is 7.11 Å². The maximum Gasteiger partial charge on any atom is 0.224 e. The molecule has 2 saturated heterocycles. The molecule has 2 fully saturated rings. The van der Waals surface area contributed by atoms with Gasteiger partial charge in [0.05, 0.1) is 19.1 Å². The zero-order valence-electron chi connectivity index (χ0n) is 16.9. The highest BCUT2D eigenvalue weighted by Gasteiger charge is 2.31. The summed E-state index contributed by atoms with van der Waals surface area (Å²) in [6.45, 7) is 8.47. The van der Waals surface area contributed by atoms with Crippen LogP contribution in [0.25, 0.3) is 0 Å². The summed E-state index contributed by atoms with van der Waals surface area (Å²) < 4.78 is 10.9. The van der Waals surface area contributed by atoms with Crippen molar-refractivity contribution < 1.29 is 13.9 Å². The summed E-state index contributed by atoms with van der Waals surface area (Å²) in [6, 6.07) is 4.81. The van der Waals surface area contributed by atoms with E-state index in [2.05, 4.69) is 34.2 Å². The number of nitrogens with one attached hydrogen (secondary N) is 1. The molecule has 0 radical (unpaired) electrons. The van der Waals surface area contributed by atoms with Gasteiger partial charge < -0.3 is 14.5 Å². The molecule has 6 nitrogen and oxygen atoms in total. The van der Waals surface area contributed by atoms with Crippen molar-refractivity contribution in [2.75, 3.05) is 46.4 Å². The molecule has 0 bridgehead atoms. The van der Waals surface area contributed by atoms with Crippen molar-refractivity contribution in [3.63, 3.8) is 0 Å². The van der Waals surface area contributed by atoms with Crippen LogP contribution in [0.1, 0.15) is 44.1 Å². The zero-order chi connectivity index (χ0) is 19.1. The zero-order valence-corrected chi connectivity index (χ0v) is 16.9. The Morgan fingerprint density at radius 1 is 1.22 bits per heavy atom. The van der Waals surface area contributed by atoms with Gasteiger partial charge in [-0.3, -0.25) is 14.6 Å². The van der Waals surface area contributed by atoms with Crippen LogP contribution >= 0.6 is 0 Å². The predicted octanol–water partition coefficient (Wildman–Crippen LogP) is 2.28. The van der Waals surface area contributed by atoms with Crippen LogP contribution in [0.5, 0.6) is 0 Å². The summed E-state index contributed by atoms with van der Waals surface area (Å²) in [4.78, 5) is 17.4. The molecule has 6 heteroatoms. The third kappa shape index (κ3) is 5.80. The molecule has 0 aliphatic carbocycles. The van der Waals surface area contributed by atoms with Crippen LogP contribution in [0, 0.1) is 5.92 Å². The molecule has 1 amide bonds. The fourth-order valence-electron chi connectivity index (χ4n) is 4.33. The van der Waals surface area contributed by atoms with E-state index in [1.165, 1.54) is 12.8 Å². The van der Waals surface area contributed by atoms with Crippen LogP contribution in [-0.2, 0) is 22.5 Å². The van der Waals surface area contributed by atoms with E-state index in [9.17, 15) is 4.79 Å². The lowest BCUT2D eigenvalue weighted by Crippen LogP contribution is -2.50. The lowest BCUT2D eigenvalue weighted by Gasteiger charge is -2.41. The molecular weight excluding hydrogens is 342 g/mol. The van der Waals surface area contributed by atoms with Gasteiger partial charge in [0.15, 0.2) is 0 Å². The van der Waals surface area contributed by atoms with Gasteiger partial charge in [-0.25, -0.2) is 0 Å². The fourth-order valence-corrected chi connectivity index (χ4v) is 4.33. The minimum Gasteiger partial charge on any atom is -0.465 e. The molecule has 3 heterocycles. The third-order valence-electron chi connectivity index (χ3n) is 5.95. The average Bonchev–Trinajstić information content (AvgIpc) is 3.16. The molecule has 2 aliphatic rings. The number of carbonyl (C=O) groups excluding carboxylic acids is 1. The van der Waals surface area contributed by atoms with Gasteiger partial charge in [0.1, 0.15) is 11.5 Å². The van der Waals surface area contributed by atoms with Crippen molar-refractivity contribution in [2.24, 2.45) is 5.92 Å². The second-order valence-corrected chi connectivity index (χ2v) is 7.85. The number of aryl methyl sites for hydroxylation is 1. The smallest absolute Gasteiger partial charge is 0.224 e. The first-order valence-electron chi connectivity index (χ1n) is 10.5. The first-order chi connectivity index (χ1) is 13.2. The number of ether oxygens (including phenoxy) is 1. The molecule has 152 valence electrons. The number of amides is 1. The Bertz CT molecular complexity index is 581. The lowest BCUT2D eigenvalue weighted by molar-refractivity contribution is -0.127. The van der Waals surface area contributed by atoms with Gasteiger partial charge >= 0.3 is 0 Å². The van der Waals surface area contributed by atoms with Crippen molar-refractivity contribution in [3.8, 4) is 0 Å². The number of carbonyl (C=O) groups is 1. The number of hydrogen-bond acceptors (Lipinski definition) is 5. The molecular formula is C21H35N3O3. The maximum absolute atomic E-state index is 12.4. The summed E-state index contributed by atoms with van der Waals surface area (Å²) in [5.74, 6) is 2.47. The summed E-state index contributed by atoms with van der Waals surface area (Å²) in [5, 5.41) is 3.01. The fraction of sp³-hybridized carbons (Fsp3) is 0.762. The topological polar surface area (TPSA) is 58.0 Å². The normalized spacial score (nSPS) is 22.8. The average molecular weight is 378 g/mol. The van der Waals surface area contributed by atoms with Gasteiger partial charge in [0.2, 0.25) is 5.91 Å². The number of likely N-dealkylation sites (tertiary alicyclic amines) is 2. The number of rotatable bonds is 8. The number of methoxy groups -OCH3 is 1. The largest absolute Gasteiger partial charge is 0.465 e. The van der Waals surface area contributed by atoms with Crippen molar-refractivity contribution in [2.45, 2.75) is 51.6 Å². The maximum atomic E-state index is 12.4. The van der Waals surface area contributed by atoms with Crippen LogP contribution in [0.4, 0.5) is 0 Å². The van der Waals surface area contributed by atoms with Crippen LogP contribution in [0.3, 0.4) is 0 Å². The van der Waals surface area contributed by atoms with Gasteiger partial charge in [0, 0.05) is 45.8 Å². The highest BCUT2D eigenvalue weighted by Crippen LogP contribution is 2.25. The number of piperidine rings is 2. The molecule has 0 spiro atoms. The Hall–Kier alpha value is -1.37. The Labute approximate surface area is 163 Å². The standard InChI is InChI=1S/C21H35N3O3/c1-3-19-6-7-20(27-19)16-23-12-8-18(9-13-23)24-11-4-5-17(15-24)21(25)22-10-14-26-2/h6-7,17-18H,3-5,8-16H2,1-2H3,(H,22,25)/t17-/m0/s1. The van der Waals surface area contributed by atoms with Crippen LogP contribution < -0.4 is 5.32 Å². The molecule has 1 atom stereocenters. The van der Waals surface area contributed by atoms with Crippen LogP contribution in [0.15, 0.2) is 16.5 Å². The number of furan rings is 1. The minimum absolute atomic E-state index is 0.129. The highest BCUT2D eigenvalue weighted by atomic mass is 16.5.